The zero-order valence-electron chi connectivity index (χ0n) is 33.9. The van der Waals surface area contributed by atoms with Gasteiger partial charge in [-0.1, -0.05) is 0 Å². The standard InChI is InChI=1S/C34H58N2O29/c37-3-12(46)21(51)26(14(48)5-39)61-30-25(55)29(23(53)15(6-40)60-30)65-34(32(58)59)2-11(45)20(36-18(50)9-43)28(64-34)24(54)16(7-41)62-33(31(56)57)1-10(44)19(35-17(49)8-42)27(63-33)22(52)13(47)4-38/h10-16,19-30,37-48,51-55H,1-9H2,(H,35,49)(H,36,50)(H,56,57)(H,58,59)/t10-,11-,12-,13+,14+,15+,16+,19+,20+,21+,22+,23-,24+,25+,26+,27+,28+,29-,30-,33+,34-/m0/s1. The van der Waals surface area contributed by atoms with E-state index < -0.39 is 210 Å². The lowest BCUT2D eigenvalue weighted by atomic mass is 9.87. The maximum atomic E-state index is 13.1. The van der Waals surface area contributed by atoms with E-state index in [1.165, 1.54) is 0 Å². The third-order valence-corrected chi connectivity index (χ3v) is 10.8. The van der Waals surface area contributed by atoms with Gasteiger partial charge in [-0.05, 0) is 0 Å². The largest absolute Gasteiger partial charge is 0.477 e. The molecule has 0 aromatic heterocycles. The molecule has 0 radical (unpaired) electrons. The van der Waals surface area contributed by atoms with Crippen LogP contribution in [0.3, 0.4) is 0 Å². The number of carboxylic acids is 2. The molecule has 31 nitrogen and oxygen atoms in total. The molecule has 21 N–H and O–H groups in total. The Morgan fingerprint density at radius 3 is 1.55 bits per heavy atom. The van der Waals surface area contributed by atoms with Crippen LogP contribution in [-0.2, 0) is 47.6 Å². The molecule has 65 heavy (non-hydrogen) atoms. The molecule has 0 unspecified atom stereocenters. The van der Waals surface area contributed by atoms with Crippen LogP contribution in [0.2, 0.25) is 0 Å². The third kappa shape index (κ3) is 12.7. The fourth-order valence-corrected chi connectivity index (χ4v) is 7.34. The quantitative estimate of drug-likeness (QED) is 0.0427. The number of carboxylic acid groups (broad SMARTS) is 2. The SMILES string of the molecule is O=C(CO)N[C@H]1[C@H]([C@H](O)[C@H](O)CO)O[C@@](O[C@H](CO)[C@@H](O)[C@@H]2O[C@@](O[C@H]3[C@@H](O)[C@@H](CO)O[C@@H](O[C@@H]([C@H](O)[C@@H](O)CO)[C@H](O)CO)[C@@H]3O)(C(=O)O)C[C@H](O)[C@H]2NC(=O)CO)(C(=O)O)C[C@@H]1O. The highest BCUT2D eigenvalue weighted by molar-refractivity contribution is 5.79. The second kappa shape index (κ2) is 24.3. The van der Waals surface area contributed by atoms with Crippen molar-refractivity contribution in [1.82, 2.24) is 10.6 Å². The van der Waals surface area contributed by atoms with Gasteiger partial charge in [0.25, 0.3) is 11.6 Å². The number of aliphatic hydroxyl groups is 17. The van der Waals surface area contributed by atoms with Gasteiger partial charge in [0.05, 0.1) is 57.3 Å². The Morgan fingerprint density at radius 1 is 0.631 bits per heavy atom. The summed E-state index contributed by atoms with van der Waals surface area (Å²) < 4.78 is 32.8. The average molecular weight is 959 g/mol. The number of rotatable bonds is 24. The molecule has 0 aromatic carbocycles. The van der Waals surface area contributed by atoms with Crippen LogP contribution in [0.5, 0.6) is 0 Å². The van der Waals surface area contributed by atoms with Crippen molar-refractivity contribution in [2.45, 2.75) is 140 Å². The van der Waals surface area contributed by atoms with Crippen LogP contribution in [-0.4, -0.2) is 295 Å². The summed E-state index contributed by atoms with van der Waals surface area (Å²) in [7, 11) is 0. The second-order valence-corrected chi connectivity index (χ2v) is 15.3. The monoisotopic (exact) mass is 958 g/mol. The van der Waals surface area contributed by atoms with Crippen molar-refractivity contribution in [1.29, 1.82) is 0 Å². The normalized spacial score (nSPS) is 36.8. The molecule has 0 bridgehead atoms. The van der Waals surface area contributed by atoms with E-state index in [2.05, 4.69) is 0 Å². The van der Waals surface area contributed by atoms with Gasteiger partial charge in [0.2, 0.25) is 11.8 Å². The van der Waals surface area contributed by atoms with Crippen molar-refractivity contribution in [2.24, 2.45) is 0 Å². The van der Waals surface area contributed by atoms with Crippen LogP contribution < -0.4 is 10.6 Å². The summed E-state index contributed by atoms with van der Waals surface area (Å²) >= 11 is 0. The van der Waals surface area contributed by atoms with E-state index in [1.807, 2.05) is 10.6 Å². The summed E-state index contributed by atoms with van der Waals surface area (Å²) in [6, 6.07) is -3.95. The molecular weight excluding hydrogens is 900 g/mol. The van der Waals surface area contributed by atoms with E-state index in [0.29, 0.717) is 0 Å². The van der Waals surface area contributed by atoms with E-state index in [9.17, 15) is 116 Å². The van der Waals surface area contributed by atoms with Gasteiger partial charge in [0, 0.05) is 12.8 Å². The highest BCUT2D eigenvalue weighted by Crippen LogP contribution is 2.40. The van der Waals surface area contributed by atoms with Gasteiger partial charge in [-0.2, -0.15) is 0 Å². The van der Waals surface area contributed by atoms with Crippen LogP contribution in [0.15, 0.2) is 0 Å². The minimum atomic E-state index is -3.45. The third-order valence-electron chi connectivity index (χ3n) is 10.8. The first kappa shape index (κ1) is 56.3. The number of hydrogen-bond donors (Lipinski definition) is 21. The first-order valence-corrected chi connectivity index (χ1v) is 19.6. The minimum Gasteiger partial charge on any atom is -0.477 e. The molecule has 2 amide bonds. The van der Waals surface area contributed by atoms with Gasteiger partial charge in [-0.3, -0.25) is 9.59 Å². The molecule has 0 aliphatic carbocycles. The van der Waals surface area contributed by atoms with Gasteiger partial charge >= 0.3 is 11.9 Å². The lowest BCUT2D eigenvalue weighted by Gasteiger charge is -2.51. The Bertz CT molecular complexity index is 1550. The van der Waals surface area contributed by atoms with Crippen molar-refractivity contribution in [2.75, 3.05) is 46.2 Å². The number of aliphatic hydroxyl groups excluding tert-OH is 17. The Morgan fingerprint density at radius 2 is 1.11 bits per heavy atom. The summed E-state index contributed by atoms with van der Waals surface area (Å²) in [5.74, 6) is -13.8. The summed E-state index contributed by atoms with van der Waals surface area (Å²) in [5.41, 5.74) is 0. The molecule has 3 aliphatic rings. The Kier molecular flexibility index (Phi) is 21.0. The Labute approximate surface area is 365 Å². The van der Waals surface area contributed by atoms with Crippen molar-refractivity contribution in [3.63, 3.8) is 0 Å². The lowest BCUT2D eigenvalue weighted by Crippen LogP contribution is -2.72. The molecule has 3 saturated heterocycles. The summed E-state index contributed by atoms with van der Waals surface area (Å²) in [4.78, 5) is 50.5. The summed E-state index contributed by atoms with van der Waals surface area (Å²) in [5, 5.41) is 201. The van der Waals surface area contributed by atoms with Crippen LogP contribution in [0, 0.1) is 0 Å². The predicted molar refractivity (Wildman–Crippen MR) is 197 cm³/mol. The van der Waals surface area contributed by atoms with Gasteiger partial charge in [-0.25, -0.2) is 9.59 Å². The second-order valence-electron chi connectivity index (χ2n) is 15.3. The Hall–Kier alpha value is -3.04. The number of nitrogens with one attached hydrogen (secondary N) is 2. The number of carbonyl (C=O) groups is 4. The van der Waals surface area contributed by atoms with Crippen LogP contribution in [0.1, 0.15) is 12.8 Å². The smallest absolute Gasteiger partial charge is 0.364 e. The fourth-order valence-electron chi connectivity index (χ4n) is 7.34. The van der Waals surface area contributed by atoms with Crippen molar-refractivity contribution in [3.8, 4) is 0 Å². The first-order valence-electron chi connectivity index (χ1n) is 19.6. The lowest BCUT2D eigenvalue weighted by molar-refractivity contribution is -0.380. The topological polar surface area (TPSA) is 532 Å². The average Bonchev–Trinajstić information content (AvgIpc) is 3.28. The maximum Gasteiger partial charge on any atom is 0.364 e. The molecule has 31 heteroatoms. The molecule has 3 fully saturated rings. The van der Waals surface area contributed by atoms with Gasteiger partial charge in [0.1, 0.15) is 98.7 Å². The van der Waals surface area contributed by atoms with Crippen molar-refractivity contribution >= 4 is 23.8 Å². The number of amides is 2. The summed E-state index contributed by atoms with van der Waals surface area (Å²) in [6.07, 6.45) is -41.6. The van der Waals surface area contributed by atoms with Gasteiger partial charge < -0.3 is 136 Å². The fraction of sp³-hybridized carbons (Fsp3) is 0.882. The van der Waals surface area contributed by atoms with E-state index in [1.54, 1.807) is 0 Å². The first-order chi connectivity index (χ1) is 30.5. The van der Waals surface area contributed by atoms with Crippen LogP contribution >= 0.6 is 0 Å². The van der Waals surface area contributed by atoms with Crippen molar-refractivity contribution in [3.05, 3.63) is 0 Å². The number of aliphatic carboxylic acids is 2. The Balaban J connectivity index is 2.11. The predicted octanol–water partition coefficient (Wildman–Crippen LogP) is -13.5. The molecule has 3 rings (SSSR count). The minimum absolute atomic E-state index is 1.14. The molecule has 378 valence electrons. The van der Waals surface area contributed by atoms with E-state index in [0.717, 1.165) is 0 Å². The van der Waals surface area contributed by atoms with Crippen molar-refractivity contribution < 1.29 is 145 Å². The van der Waals surface area contributed by atoms with Crippen LogP contribution in [0.25, 0.3) is 0 Å². The number of ether oxygens (including phenoxy) is 6. The van der Waals surface area contributed by atoms with E-state index in [4.69, 9.17) is 28.4 Å². The molecular formula is C34H58N2O29. The number of carbonyl (C=O) groups excluding carboxylic acids is 2. The number of hydrogen-bond acceptors (Lipinski definition) is 27. The summed E-state index contributed by atoms with van der Waals surface area (Å²) in [6.45, 7) is -8.77. The molecule has 0 aromatic rings. The highest BCUT2D eigenvalue weighted by Gasteiger charge is 2.62. The zero-order valence-corrected chi connectivity index (χ0v) is 33.9. The molecule has 21 atom stereocenters. The van der Waals surface area contributed by atoms with E-state index >= 15 is 0 Å². The van der Waals surface area contributed by atoms with Crippen LogP contribution in [0.4, 0.5) is 0 Å². The molecule has 0 saturated carbocycles. The maximum absolute atomic E-state index is 13.1. The molecule has 3 heterocycles. The molecule has 3 aliphatic heterocycles. The van der Waals surface area contributed by atoms with Gasteiger partial charge in [0.15, 0.2) is 6.29 Å². The van der Waals surface area contributed by atoms with E-state index in [-0.39, 0.29) is 0 Å². The highest BCUT2D eigenvalue weighted by atomic mass is 16.8. The zero-order chi connectivity index (χ0) is 49.3. The molecule has 0 spiro atoms. The van der Waals surface area contributed by atoms with Gasteiger partial charge in [-0.15, -0.1) is 0 Å².